The first kappa shape index (κ1) is 12.5. The Bertz CT molecular complexity index is 274. The van der Waals surface area contributed by atoms with Crippen molar-refractivity contribution in [3.8, 4) is 0 Å². The molecule has 2 atom stereocenters. The quantitative estimate of drug-likeness (QED) is 0.644. The van der Waals surface area contributed by atoms with Crippen molar-refractivity contribution in [2.75, 3.05) is 7.11 Å². The summed E-state index contributed by atoms with van der Waals surface area (Å²) in [5, 5.41) is 0. The smallest absolute Gasteiger partial charge is 0.342 e. The van der Waals surface area contributed by atoms with Gasteiger partial charge in [-0.05, 0) is 0 Å². The number of hydrogen-bond acceptors (Lipinski definition) is 1. The molecule has 1 aliphatic carbocycles. The average molecular weight is 244 g/mol. The Hall–Kier alpha value is -0.600. The number of hydrogen-bond donors (Lipinski definition) is 0. The highest BCUT2D eigenvalue weighted by Gasteiger charge is 2.94. The molecule has 0 spiro atoms. The highest BCUT2D eigenvalue weighted by molar-refractivity contribution is 5.19. The van der Waals surface area contributed by atoms with Crippen LogP contribution < -0.4 is 0 Å². The van der Waals surface area contributed by atoms with Gasteiger partial charge in [-0.3, -0.25) is 0 Å². The van der Waals surface area contributed by atoms with E-state index in [4.69, 9.17) is 0 Å². The molecule has 1 rings (SSSR count). The van der Waals surface area contributed by atoms with Gasteiger partial charge in [0.15, 0.2) is 0 Å². The molecule has 0 aromatic heterocycles. The molecule has 15 heavy (non-hydrogen) atoms. The second kappa shape index (κ2) is 2.74. The van der Waals surface area contributed by atoms with Gasteiger partial charge in [-0.1, -0.05) is 0 Å². The number of halogens is 8. The van der Waals surface area contributed by atoms with E-state index in [1.165, 1.54) is 0 Å². The number of rotatable bonds is 1. The van der Waals surface area contributed by atoms with E-state index in [-0.39, 0.29) is 7.11 Å². The summed E-state index contributed by atoms with van der Waals surface area (Å²) in [7, 11) is 0.0952. The van der Waals surface area contributed by atoms with Crippen molar-refractivity contribution in [1.82, 2.24) is 0 Å². The van der Waals surface area contributed by atoms with Crippen LogP contribution in [0.1, 0.15) is 0 Å². The molecule has 9 heteroatoms. The summed E-state index contributed by atoms with van der Waals surface area (Å²) in [6.07, 6.45) is -4.44. The van der Waals surface area contributed by atoms with E-state index < -0.39 is 29.8 Å². The minimum Gasteiger partial charge on any atom is -0.342 e. The van der Waals surface area contributed by atoms with Gasteiger partial charge in [-0.25, -0.2) is 8.78 Å². The number of alkyl halides is 8. The molecule has 0 aromatic carbocycles. The van der Waals surface area contributed by atoms with Gasteiger partial charge in [0.2, 0.25) is 6.17 Å². The van der Waals surface area contributed by atoms with Crippen molar-refractivity contribution < 1.29 is 39.9 Å². The van der Waals surface area contributed by atoms with Gasteiger partial charge in [0, 0.05) is 7.11 Å². The van der Waals surface area contributed by atoms with Crippen LogP contribution in [0.2, 0.25) is 0 Å². The van der Waals surface area contributed by atoms with Crippen LogP contribution in [0.15, 0.2) is 0 Å². The van der Waals surface area contributed by atoms with E-state index in [0.717, 1.165) is 0 Å². The SMILES string of the molecule is COC1(F)C(F)C(F)(F)C(F)(F)C1(F)F. The fraction of sp³-hybridized carbons (Fsp3) is 1.00. The van der Waals surface area contributed by atoms with E-state index >= 15 is 0 Å². The molecule has 0 aromatic rings. The van der Waals surface area contributed by atoms with Crippen LogP contribution in [0, 0.1) is 0 Å². The van der Waals surface area contributed by atoms with Crippen LogP contribution in [0.3, 0.4) is 0 Å². The maximum Gasteiger partial charge on any atom is 0.381 e. The molecule has 0 aliphatic heterocycles. The zero-order valence-corrected chi connectivity index (χ0v) is 7.01. The van der Waals surface area contributed by atoms with Gasteiger partial charge in [-0.15, -0.1) is 0 Å². The molecule has 0 amide bonds. The summed E-state index contributed by atoms with van der Waals surface area (Å²) in [6.45, 7) is 0. The van der Waals surface area contributed by atoms with E-state index in [1.54, 1.807) is 0 Å². The molecule has 1 nitrogen and oxygen atoms in total. The molecule has 1 aliphatic rings. The van der Waals surface area contributed by atoms with Crippen LogP contribution >= 0.6 is 0 Å². The Morgan fingerprint density at radius 2 is 1.27 bits per heavy atom. The number of methoxy groups -OCH3 is 1. The van der Waals surface area contributed by atoms with Gasteiger partial charge in [0.1, 0.15) is 0 Å². The van der Waals surface area contributed by atoms with Gasteiger partial charge in [-0.2, -0.15) is 26.3 Å². The zero-order valence-electron chi connectivity index (χ0n) is 7.01. The van der Waals surface area contributed by atoms with Crippen LogP contribution in [0.4, 0.5) is 35.1 Å². The van der Waals surface area contributed by atoms with E-state index in [2.05, 4.69) is 4.74 Å². The molecular weight excluding hydrogens is 240 g/mol. The fourth-order valence-electron chi connectivity index (χ4n) is 1.21. The Morgan fingerprint density at radius 1 is 0.867 bits per heavy atom. The normalized spacial score (nSPS) is 41.8. The van der Waals surface area contributed by atoms with E-state index in [0.29, 0.717) is 0 Å². The topological polar surface area (TPSA) is 9.23 Å². The second-order valence-electron chi connectivity index (χ2n) is 2.98. The monoisotopic (exact) mass is 244 g/mol. The second-order valence-corrected chi connectivity index (χ2v) is 2.98. The fourth-order valence-corrected chi connectivity index (χ4v) is 1.21. The lowest BCUT2D eigenvalue weighted by molar-refractivity contribution is -0.324. The van der Waals surface area contributed by atoms with Crippen molar-refractivity contribution in [1.29, 1.82) is 0 Å². The minimum absolute atomic E-state index is 0.0952. The average Bonchev–Trinajstić information content (AvgIpc) is 2.18. The predicted octanol–water partition coefficient (Wildman–Crippen LogP) is 2.56. The summed E-state index contributed by atoms with van der Waals surface area (Å²) in [5.41, 5.74) is 0. The van der Waals surface area contributed by atoms with Crippen LogP contribution in [-0.4, -0.2) is 36.9 Å². The van der Waals surface area contributed by atoms with Crippen LogP contribution in [0.25, 0.3) is 0 Å². The first-order valence-electron chi connectivity index (χ1n) is 3.48. The first-order valence-corrected chi connectivity index (χ1v) is 3.48. The van der Waals surface area contributed by atoms with Crippen molar-refractivity contribution in [3.63, 3.8) is 0 Å². The highest BCUT2D eigenvalue weighted by atomic mass is 19.4. The lowest BCUT2D eigenvalue weighted by Crippen LogP contribution is -2.53. The molecule has 90 valence electrons. The van der Waals surface area contributed by atoms with Crippen LogP contribution in [-0.2, 0) is 4.74 Å². The summed E-state index contributed by atoms with van der Waals surface area (Å²) in [5.74, 6) is -23.0. The first-order chi connectivity index (χ1) is 6.47. The molecule has 0 N–H and O–H groups in total. The van der Waals surface area contributed by atoms with E-state index in [9.17, 15) is 35.1 Å². The van der Waals surface area contributed by atoms with Crippen molar-refractivity contribution >= 4 is 0 Å². The Kier molecular flexibility index (Phi) is 2.28. The third-order valence-electron chi connectivity index (χ3n) is 2.18. The summed E-state index contributed by atoms with van der Waals surface area (Å²) in [4.78, 5) is 0. The molecule has 1 fully saturated rings. The lowest BCUT2D eigenvalue weighted by atomic mass is 10.2. The maximum atomic E-state index is 12.9. The highest BCUT2D eigenvalue weighted by Crippen LogP contribution is 2.63. The minimum atomic E-state index is -6.15. The summed E-state index contributed by atoms with van der Waals surface area (Å²) < 4.78 is 103. The Balaban J connectivity index is 3.41. The Labute approximate surface area is 78.0 Å². The standard InChI is InChI=1S/C6H4F8O/c1-15-4(10)2(7)3(8,9)5(11,12)6(4,13)14/h2H,1H3. The maximum absolute atomic E-state index is 12.9. The molecule has 0 bridgehead atoms. The van der Waals surface area contributed by atoms with Gasteiger partial charge < -0.3 is 4.74 Å². The van der Waals surface area contributed by atoms with Crippen LogP contribution in [0.5, 0.6) is 0 Å². The molecular formula is C6H4F8O. The molecule has 0 radical (unpaired) electrons. The third kappa shape index (κ3) is 1.02. The Morgan fingerprint density at radius 3 is 1.40 bits per heavy atom. The molecule has 2 unspecified atom stereocenters. The van der Waals surface area contributed by atoms with Gasteiger partial charge in [0.05, 0.1) is 0 Å². The van der Waals surface area contributed by atoms with Crippen molar-refractivity contribution in [2.45, 2.75) is 29.8 Å². The predicted molar refractivity (Wildman–Crippen MR) is 30.6 cm³/mol. The van der Waals surface area contributed by atoms with Gasteiger partial charge in [0.25, 0.3) is 0 Å². The zero-order chi connectivity index (χ0) is 12.3. The van der Waals surface area contributed by atoms with Gasteiger partial charge >= 0.3 is 23.6 Å². The van der Waals surface area contributed by atoms with E-state index in [1.807, 2.05) is 0 Å². The molecule has 1 saturated carbocycles. The summed E-state index contributed by atoms with van der Waals surface area (Å²) in [6, 6.07) is 0. The number of ether oxygens (including phenoxy) is 1. The lowest BCUT2D eigenvalue weighted by Gasteiger charge is -2.27. The molecule has 0 heterocycles. The van der Waals surface area contributed by atoms with Crippen molar-refractivity contribution in [2.24, 2.45) is 0 Å². The molecule has 0 saturated heterocycles. The van der Waals surface area contributed by atoms with Crippen molar-refractivity contribution in [3.05, 3.63) is 0 Å². The largest absolute Gasteiger partial charge is 0.381 e. The third-order valence-corrected chi connectivity index (χ3v) is 2.18. The summed E-state index contributed by atoms with van der Waals surface area (Å²) >= 11 is 0.